The number of benzene rings is 1. The largest absolute Gasteiger partial charge is 0.397 e. The molecule has 5 N–H and O–H groups in total. The Bertz CT molecular complexity index is 670. The van der Waals surface area contributed by atoms with Crippen LogP contribution in [0.2, 0.25) is 10.0 Å². The van der Waals surface area contributed by atoms with Gasteiger partial charge in [-0.25, -0.2) is 9.37 Å². The molecule has 0 bridgehead atoms. The summed E-state index contributed by atoms with van der Waals surface area (Å²) in [5.41, 5.74) is 11.5. The molecular formula is C12H9Cl2FN4O. The molecule has 0 atom stereocenters. The number of carbonyl (C=O) groups is 1. The van der Waals surface area contributed by atoms with Crippen LogP contribution in [0.5, 0.6) is 0 Å². The summed E-state index contributed by atoms with van der Waals surface area (Å²) in [4.78, 5) is 15.3. The maximum atomic E-state index is 13.3. The third-order valence-corrected chi connectivity index (χ3v) is 2.97. The summed E-state index contributed by atoms with van der Waals surface area (Å²) in [5, 5.41) is 2.47. The number of hydrogen-bond acceptors (Lipinski definition) is 4. The maximum absolute atomic E-state index is 13.3. The molecule has 1 heterocycles. The van der Waals surface area contributed by atoms with Gasteiger partial charge in [-0.05, 0) is 18.2 Å². The predicted molar refractivity (Wildman–Crippen MR) is 76.9 cm³/mol. The molecule has 1 amide bonds. The van der Waals surface area contributed by atoms with Crippen LogP contribution in [0.25, 0.3) is 0 Å². The summed E-state index contributed by atoms with van der Waals surface area (Å²) in [5.74, 6) is -1.25. The minimum absolute atomic E-state index is 0.0987. The minimum Gasteiger partial charge on any atom is -0.397 e. The summed E-state index contributed by atoms with van der Waals surface area (Å²) >= 11 is 11.4. The first-order valence-corrected chi connectivity index (χ1v) is 6.11. The van der Waals surface area contributed by atoms with E-state index in [0.717, 1.165) is 0 Å². The lowest BCUT2D eigenvalue weighted by Crippen LogP contribution is -2.14. The van der Waals surface area contributed by atoms with Crippen LogP contribution in [0.4, 0.5) is 21.6 Å². The highest BCUT2D eigenvalue weighted by atomic mass is 35.5. The number of nitrogens with two attached hydrogens (primary N) is 2. The van der Waals surface area contributed by atoms with Crippen molar-refractivity contribution in [3.63, 3.8) is 0 Å². The molecule has 20 heavy (non-hydrogen) atoms. The monoisotopic (exact) mass is 314 g/mol. The number of anilines is 3. The fourth-order valence-corrected chi connectivity index (χ4v) is 2.02. The zero-order valence-corrected chi connectivity index (χ0v) is 11.5. The van der Waals surface area contributed by atoms with Gasteiger partial charge in [0.25, 0.3) is 5.91 Å². The van der Waals surface area contributed by atoms with Crippen molar-refractivity contribution in [2.45, 2.75) is 0 Å². The molecule has 2 rings (SSSR count). The van der Waals surface area contributed by atoms with Crippen molar-refractivity contribution in [2.24, 2.45) is 5.73 Å². The Labute approximate surface area is 123 Å². The van der Waals surface area contributed by atoms with Crippen molar-refractivity contribution in [3.05, 3.63) is 45.8 Å². The Morgan fingerprint density at radius 1 is 1.25 bits per heavy atom. The van der Waals surface area contributed by atoms with Crippen molar-refractivity contribution in [1.29, 1.82) is 0 Å². The third kappa shape index (κ3) is 2.92. The number of carbonyl (C=O) groups excluding carboxylic acids is 1. The Hall–Kier alpha value is -2.05. The predicted octanol–water partition coefficient (Wildman–Crippen LogP) is 2.95. The number of pyridine rings is 1. The van der Waals surface area contributed by atoms with Crippen LogP contribution in [0, 0.1) is 5.82 Å². The standard InChI is InChI=1S/C12H9Cl2FN4O/c13-8-2-6(3-9(14)10(8)15)19-12-7(11(17)20)1-5(16)4-18-12/h1-4H,16H2,(H2,17,20)(H,18,19). The van der Waals surface area contributed by atoms with Crippen LogP contribution in [-0.4, -0.2) is 10.9 Å². The van der Waals surface area contributed by atoms with Gasteiger partial charge in [0.1, 0.15) is 5.82 Å². The molecule has 0 unspecified atom stereocenters. The number of amides is 1. The lowest BCUT2D eigenvalue weighted by molar-refractivity contribution is 0.100. The number of rotatable bonds is 3. The van der Waals surface area contributed by atoms with Crippen molar-refractivity contribution < 1.29 is 9.18 Å². The van der Waals surface area contributed by atoms with E-state index in [0.29, 0.717) is 11.4 Å². The summed E-state index contributed by atoms with van der Waals surface area (Å²) in [6.07, 6.45) is 1.35. The topological polar surface area (TPSA) is 94.0 Å². The lowest BCUT2D eigenvalue weighted by Gasteiger charge is -2.10. The molecule has 5 nitrogen and oxygen atoms in total. The summed E-state index contributed by atoms with van der Waals surface area (Å²) in [6, 6.07) is 4.00. The minimum atomic E-state index is -0.723. The van der Waals surface area contributed by atoms with Crippen molar-refractivity contribution in [1.82, 2.24) is 4.98 Å². The number of nitrogen functional groups attached to an aromatic ring is 1. The van der Waals surface area contributed by atoms with E-state index >= 15 is 0 Å². The van der Waals surface area contributed by atoms with Gasteiger partial charge in [-0.15, -0.1) is 0 Å². The molecule has 1 aromatic carbocycles. The lowest BCUT2D eigenvalue weighted by atomic mass is 10.2. The summed E-state index contributed by atoms with van der Waals surface area (Å²) < 4.78 is 13.3. The molecule has 0 aliphatic rings. The molecule has 0 aliphatic heterocycles. The number of primary amides is 1. The molecule has 2 aromatic rings. The van der Waals surface area contributed by atoms with Gasteiger partial charge in [0.15, 0.2) is 5.82 Å². The quantitative estimate of drug-likeness (QED) is 0.759. The molecule has 0 spiro atoms. The Kier molecular flexibility index (Phi) is 3.96. The molecule has 0 saturated heterocycles. The number of halogens is 3. The zero-order valence-electron chi connectivity index (χ0n) is 9.95. The van der Waals surface area contributed by atoms with Crippen molar-refractivity contribution >= 4 is 46.3 Å². The second-order valence-corrected chi connectivity index (χ2v) is 4.72. The Morgan fingerprint density at radius 2 is 1.85 bits per heavy atom. The van der Waals surface area contributed by atoms with Crippen LogP contribution < -0.4 is 16.8 Å². The first kappa shape index (κ1) is 14.4. The van der Waals surface area contributed by atoms with E-state index in [2.05, 4.69) is 10.3 Å². The average molecular weight is 315 g/mol. The molecule has 8 heteroatoms. The smallest absolute Gasteiger partial charge is 0.252 e. The molecule has 0 aliphatic carbocycles. The third-order valence-electron chi connectivity index (χ3n) is 2.42. The fourth-order valence-electron chi connectivity index (χ4n) is 1.53. The maximum Gasteiger partial charge on any atom is 0.252 e. The second kappa shape index (κ2) is 5.52. The van der Waals surface area contributed by atoms with Gasteiger partial charge in [-0.2, -0.15) is 0 Å². The highest BCUT2D eigenvalue weighted by Crippen LogP contribution is 2.29. The molecular weight excluding hydrogens is 306 g/mol. The first-order valence-electron chi connectivity index (χ1n) is 5.35. The summed E-state index contributed by atoms with van der Waals surface area (Å²) in [6.45, 7) is 0. The fraction of sp³-hybridized carbons (Fsp3) is 0. The zero-order chi connectivity index (χ0) is 14.9. The van der Waals surface area contributed by atoms with Gasteiger partial charge in [0.05, 0.1) is 27.5 Å². The van der Waals surface area contributed by atoms with E-state index in [1.54, 1.807) is 0 Å². The van der Waals surface area contributed by atoms with E-state index < -0.39 is 11.7 Å². The van der Waals surface area contributed by atoms with E-state index in [9.17, 15) is 9.18 Å². The van der Waals surface area contributed by atoms with E-state index in [1.807, 2.05) is 0 Å². The first-order chi connectivity index (χ1) is 9.38. The molecule has 0 saturated carbocycles. The van der Waals surface area contributed by atoms with Crippen LogP contribution >= 0.6 is 23.2 Å². The Balaban J connectivity index is 2.42. The molecule has 1 aromatic heterocycles. The number of aromatic nitrogens is 1. The molecule has 104 valence electrons. The number of hydrogen-bond donors (Lipinski definition) is 3. The van der Waals surface area contributed by atoms with Gasteiger partial charge >= 0.3 is 0 Å². The van der Waals surface area contributed by atoms with Gasteiger partial charge in [-0.1, -0.05) is 23.2 Å². The molecule has 0 radical (unpaired) electrons. The SMILES string of the molecule is NC(=O)c1cc(N)cnc1Nc1cc(Cl)c(F)c(Cl)c1. The highest BCUT2D eigenvalue weighted by Gasteiger charge is 2.13. The Morgan fingerprint density at radius 3 is 2.40 bits per heavy atom. The van der Waals surface area contributed by atoms with Gasteiger partial charge in [0, 0.05) is 5.69 Å². The van der Waals surface area contributed by atoms with Gasteiger partial charge in [0.2, 0.25) is 0 Å². The molecule has 0 fully saturated rings. The van der Waals surface area contributed by atoms with Crippen LogP contribution in [0.15, 0.2) is 24.4 Å². The van der Waals surface area contributed by atoms with E-state index in [4.69, 9.17) is 34.7 Å². The number of nitrogens with one attached hydrogen (secondary N) is 1. The average Bonchev–Trinajstić information content (AvgIpc) is 2.37. The van der Waals surface area contributed by atoms with Crippen LogP contribution in [0.1, 0.15) is 10.4 Å². The second-order valence-electron chi connectivity index (χ2n) is 3.91. The summed E-state index contributed by atoms with van der Waals surface area (Å²) in [7, 11) is 0. The highest BCUT2D eigenvalue weighted by molar-refractivity contribution is 6.35. The van der Waals surface area contributed by atoms with E-state index in [-0.39, 0.29) is 21.4 Å². The van der Waals surface area contributed by atoms with Gasteiger partial charge < -0.3 is 16.8 Å². The van der Waals surface area contributed by atoms with Crippen LogP contribution in [-0.2, 0) is 0 Å². The normalized spacial score (nSPS) is 10.3. The van der Waals surface area contributed by atoms with Gasteiger partial charge in [-0.3, -0.25) is 4.79 Å². The van der Waals surface area contributed by atoms with E-state index in [1.165, 1.54) is 24.4 Å². The van der Waals surface area contributed by atoms with Crippen LogP contribution in [0.3, 0.4) is 0 Å². The van der Waals surface area contributed by atoms with Crippen molar-refractivity contribution in [3.8, 4) is 0 Å². The number of nitrogens with zero attached hydrogens (tertiary/aromatic N) is 1. The van der Waals surface area contributed by atoms with Crippen molar-refractivity contribution in [2.75, 3.05) is 11.1 Å².